The van der Waals surface area contributed by atoms with Gasteiger partial charge in [0.2, 0.25) is 5.91 Å². The number of hydrogen-bond donors (Lipinski definition) is 2. The second kappa shape index (κ2) is 9.04. The van der Waals surface area contributed by atoms with Gasteiger partial charge in [-0.1, -0.05) is 12.2 Å². The summed E-state index contributed by atoms with van der Waals surface area (Å²) in [5.74, 6) is 0.369. The number of ether oxygens (including phenoxy) is 1. The summed E-state index contributed by atoms with van der Waals surface area (Å²) in [6.07, 6.45) is 4.65. The predicted octanol–water partition coefficient (Wildman–Crippen LogP) is 3.41. The lowest BCUT2D eigenvalue weighted by Gasteiger charge is -2.15. The molecule has 0 saturated carbocycles. The summed E-state index contributed by atoms with van der Waals surface area (Å²) in [7, 11) is 1.56. The Kier molecular flexibility index (Phi) is 8.16. The summed E-state index contributed by atoms with van der Waals surface area (Å²) in [5, 5.41) is 2.82. The largest absolute Gasteiger partial charge is 0.497 e. The number of nitrogen functional groups attached to an aromatic ring is 1. The molecule has 0 saturated heterocycles. The maximum atomic E-state index is 12.1. The molecule has 0 unspecified atom stereocenters. The molecule has 0 bridgehead atoms. The molecule has 0 aromatic heterocycles. The van der Waals surface area contributed by atoms with Crippen LogP contribution in [0.1, 0.15) is 12.8 Å². The zero-order chi connectivity index (χ0) is 14.3. The number of anilines is 2. The normalized spacial score (nSPS) is 9.50. The average molecular weight is 297 g/mol. The van der Waals surface area contributed by atoms with Gasteiger partial charge >= 0.3 is 0 Å². The van der Waals surface area contributed by atoms with Crippen molar-refractivity contribution in [1.82, 2.24) is 0 Å². The molecule has 1 rings (SSSR count). The molecule has 1 aromatic rings. The number of carbonyl (C=O) groups excluding carboxylic acids is 1. The van der Waals surface area contributed by atoms with Gasteiger partial charge in [0.25, 0.3) is 0 Å². The van der Waals surface area contributed by atoms with Crippen LogP contribution in [-0.4, -0.2) is 13.0 Å². The number of hydrogen-bond acceptors (Lipinski definition) is 3. The van der Waals surface area contributed by atoms with Crippen LogP contribution >= 0.6 is 12.4 Å². The van der Waals surface area contributed by atoms with E-state index in [0.29, 0.717) is 30.0 Å². The van der Waals surface area contributed by atoms with Crippen LogP contribution in [0.2, 0.25) is 0 Å². The molecule has 1 amide bonds. The third kappa shape index (κ3) is 4.97. The van der Waals surface area contributed by atoms with E-state index in [4.69, 9.17) is 10.5 Å². The summed E-state index contributed by atoms with van der Waals surface area (Å²) < 4.78 is 5.11. The van der Waals surface area contributed by atoms with E-state index in [1.54, 1.807) is 37.5 Å². The van der Waals surface area contributed by atoms with Crippen LogP contribution in [0, 0.1) is 5.92 Å². The minimum Gasteiger partial charge on any atom is -0.497 e. The fraction of sp³-hybridized carbons (Fsp3) is 0.267. The molecule has 4 nitrogen and oxygen atoms in total. The zero-order valence-electron chi connectivity index (χ0n) is 11.6. The zero-order valence-corrected chi connectivity index (χ0v) is 12.4. The Morgan fingerprint density at radius 2 is 2.00 bits per heavy atom. The maximum Gasteiger partial charge on any atom is 0.228 e. The number of methoxy groups -OCH3 is 1. The van der Waals surface area contributed by atoms with Crippen molar-refractivity contribution in [1.29, 1.82) is 0 Å². The Morgan fingerprint density at radius 1 is 1.40 bits per heavy atom. The Morgan fingerprint density at radius 3 is 2.50 bits per heavy atom. The van der Waals surface area contributed by atoms with Crippen LogP contribution in [0.25, 0.3) is 0 Å². The average Bonchev–Trinajstić information content (AvgIpc) is 2.41. The molecule has 0 fully saturated rings. The van der Waals surface area contributed by atoms with Gasteiger partial charge in [0.15, 0.2) is 0 Å². The first-order valence-electron chi connectivity index (χ1n) is 6.08. The number of rotatable bonds is 7. The molecular weight excluding hydrogens is 276 g/mol. The second-order valence-electron chi connectivity index (χ2n) is 4.19. The fourth-order valence-corrected chi connectivity index (χ4v) is 1.72. The Balaban J connectivity index is 0.00000361. The topological polar surface area (TPSA) is 64.3 Å². The van der Waals surface area contributed by atoms with Gasteiger partial charge in [0.05, 0.1) is 18.5 Å². The third-order valence-electron chi connectivity index (χ3n) is 2.79. The van der Waals surface area contributed by atoms with Crippen molar-refractivity contribution < 1.29 is 9.53 Å². The van der Waals surface area contributed by atoms with Crippen molar-refractivity contribution in [2.75, 3.05) is 18.2 Å². The van der Waals surface area contributed by atoms with E-state index < -0.39 is 0 Å². The number of benzene rings is 1. The van der Waals surface area contributed by atoms with Crippen molar-refractivity contribution >= 4 is 29.7 Å². The summed E-state index contributed by atoms with van der Waals surface area (Å²) in [6.45, 7) is 7.32. The molecule has 1 aromatic carbocycles. The van der Waals surface area contributed by atoms with E-state index >= 15 is 0 Å². The Hall–Kier alpha value is -1.94. The SMILES string of the molecule is C=CCC(CC=C)C(=O)Nc1cc(OC)ccc1N.Cl. The van der Waals surface area contributed by atoms with Crippen molar-refractivity contribution in [2.24, 2.45) is 5.92 Å². The first kappa shape index (κ1) is 18.1. The smallest absolute Gasteiger partial charge is 0.228 e. The fourth-order valence-electron chi connectivity index (χ4n) is 1.72. The van der Waals surface area contributed by atoms with Crippen LogP contribution in [0.15, 0.2) is 43.5 Å². The number of nitrogens with one attached hydrogen (secondary N) is 1. The van der Waals surface area contributed by atoms with E-state index in [-0.39, 0.29) is 24.2 Å². The molecule has 0 atom stereocenters. The third-order valence-corrected chi connectivity index (χ3v) is 2.79. The molecule has 0 radical (unpaired) electrons. The molecule has 0 heterocycles. The van der Waals surface area contributed by atoms with E-state index in [9.17, 15) is 4.79 Å². The highest BCUT2D eigenvalue weighted by atomic mass is 35.5. The monoisotopic (exact) mass is 296 g/mol. The molecule has 110 valence electrons. The standard InChI is InChI=1S/C15H20N2O2.ClH/c1-4-6-11(7-5-2)15(18)17-14-10-12(19-3)8-9-13(14)16;/h4-5,8-11H,1-2,6-7,16H2,3H3,(H,17,18);1H. The summed E-state index contributed by atoms with van der Waals surface area (Å²) >= 11 is 0. The van der Waals surface area contributed by atoms with Crippen LogP contribution in [-0.2, 0) is 4.79 Å². The van der Waals surface area contributed by atoms with Crippen molar-refractivity contribution in [2.45, 2.75) is 12.8 Å². The first-order valence-corrected chi connectivity index (χ1v) is 6.08. The van der Waals surface area contributed by atoms with Crippen LogP contribution in [0.4, 0.5) is 11.4 Å². The highest BCUT2D eigenvalue weighted by Gasteiger charge is 2.16. The maximum absolute atomic E-state index is 12.1. The van der Waals surface area contributed by atoms with Crippen LogP contribution in [0.5, 0.6) is 5.75 Å². The molecule has 20 heavy (non-hydrogen) atoms. The number of carbonyl (C=O) groups is 1. The molecule has 3 N–H and O–H groups in total. The van der Waals surface area contributed by atoms with Gasteiger partial charge in [0.1, 0.15) is 5.75 Å². The van der Waals surface area contributed by atoms with Gasteiger partial charge in [-0.2, -0.15) is 0 Å². The molecule has 0 aliphatic heterocycles. The predicted molar refractivity (Wildman–Crippen MR) is 86.4 cm³/mol. The lowest BCUT2D eigenvalue weighted by Crippen LogP contribution is -2.22. The van der Waals surface area contributed by atoms with E-state index in [2.05, 4.69) is 18.5 Å². The van der Waals surface area contributed by atoms with Crippen molar-refractivity contribution in [3.63, 3.8) is 0 Å². The van der Waals surface area contributed by atoms with Crippen LogP contribution < -0.4 is 15.8 Å². The lowest BCUT2D eigenvalue weighted by molar-refractivity contribution is -0.119. The van der Waals surface area contributed by atoms with E-state index in [1.165, 1.54) is 0 Å². The Bertz CT molecular complexity index is 465. The van der Waals surface area contributed by atoms with E-state index in [1.807, 2.05) is 0 Å². The minimum atomic E-state index is -0.180. The summed E-state index contributed by atoms with van der Waals surface area (Å²) in [5.41, 5.74) is 6.89. The van der Waals surface area contributed by atoms with Crippen molar-refractivity contribution in [3.8, 4) is 5.75 Å². The van der Waals surface area contributed by atoms with Gasteiger partial charge in [0, 0.05) is 12.0 Å². The first-order chi connectivity index (χ1) is 9.12. The number of allylic oxidation sites excluding steroid dienone is 2. The number of halogens is 1. The van der Waals surface area contributed by atoms with E-state index in [0.717, 1.165) is 0 Å². The highest BCUT2D eigenvalue weighted by Crippen LogP contribution is 2.25. The van der Waals surface area contributed by atoms with Gasteiger partial charge in [-0.3, -0.25) is 4.79 Å². The van der Waals surface area contributed by atoms with Gasteiger partial charge < -0.3 is 15.8 Å². The van der Waals surface area contributed by atoms with Gasteiger partial charge in [-0.15, -0.1) is 25.6 Å². The quantitative estimate of drug-likeness (QED) is 0.598. The van der Waals surface area contributed by atoms with Crippen molar-refractivity contribution in [3.05, 3.63) is 43.5 Å². The van der Waals surface area contributed by atoms with Crippen LogP contribution in [0.3, 0.4) is 0 Å². The van der Waals surface area contributed by atoms with Gasteiger partial charge in [-0.05, 0) is 25.0 Å². The number of nitrogens with two attached hydrogens (primary N) is 1. The highest BCUT2D eigenvalue weighted by molar-refractivity contribution is 5.95. The van der Waals surface area contributed by atoms with Gasteiger partial charge in [-0.25, -0.2) is 0 Å². The Labute approximate surface area is 126 Å². The molecular formula is C15H21ClN2O2. The summed E-state index contributed by atoms with van der Waals surface area (Å²) in [4.78, 5) is 12.1. The molecule has 0 spiro atoms. The molecule has 5 heteroatoms. The minimum absolute atomic E-state index is 0. The lowest BCUT2D eigenvalue weighted by atomic mass is 10.0. The number of amides is 1. The summed E-state index contributed by atoms with van der Waals surface area (Å²) in [6, 6.07) is 5.15. The second-order valence-corrected chi connectivity index (χ2v) is 4.19. The molecule has 0 aliphatic carbocycles. The molecule has 0 aliphatic rings.